The zero-order valence-corrected chi connectivity index (χ0v) is 34.3. The summed E-state index contributed by atoms with van der Waals surface area (Å²) >= 11 is 0. The van der Waals surface area contributed by atoms with Gasteiger partial charge < -0.3 is 20.3 Å². The first kappa shape index (κ1) is 38.5. The van der Waals surface area contributed by atoms with Gasteiger partial charge in [-0.1, -0.05) is 43.3 Å². The molecule has 6 heterocycles. The van der Waals surface area contributed by atoms with Gasteiger partial charge in [0, 0.05) is 92.1 Å². The molecule has 0 radical (unpaired) electrons. The Balaban J connectivity index is 0.738. The minimum absolute atomic E-state index is 0.207. The highest BCUT2D eigenvalue weighted by molar-refractivity contribution is 6.06. The number of nitrogens with zero attached hydrogens (tertiary/aromatic N) is 6. The van der Waals surface area contributed by atoms with Crippen LogP contribution < -0.4 is 30.5 Å². The van der Waals surface area contributed by atoms with Crippen molar-refractivity contribution in [3.63, 3.8) is 0 Å². The Morgan fingerprint density at radius 1 is 0.966 bits per heavy atom. The predicted molar refractivity (Wildman–Crippen MR) is 236 cm³/mol. The number of rotatable bonds is 11. The van der Waals surface area contributed by atoms with Crippen molar-refractivity contribution in [1.29, 1.82) is 0 Å². The number of carbonyl (C=O) groups is 2. The molecule has 3 fully saturated rings. The molecule has 0 bridgehead atoms. The molecule has 59 heavy (non-hydrogen) atoms. The van der Waals surface area contributed by atoms with E-state index in [1.165, 1.54) is 50.0 Å². The molecule has 3 amide bonds. The number of anilines is 5. The van der Waals surface area contributed by atoms with E-state index in [2.05, 4.69) is 123 Å². The number of piperidine rings is 1. The molecule has 3 aromatic carbocycles. The molecule has 9 rings (SSSR count). The summed E-state index contributed by atoms with van der Waals surface area (Å²) in [4.78, 5) is 44.9. The van der Waals surface area contributed by atoms with Gasteiger partial charge >= 0.3 is 6.03 Å². The highest BCUT2D eigenvalue weighted by Gasteiger charge is 2.46. The lowest BCUT2D eigenvalue weighted by Gasteiger charge is -2.57. The second-order valence-corrected chi connectivity index (χ2v) is 16.6. The van der Waals surface area contributed by atoms with Crippen molar-refractivity contribution in [1.82, 2.24) is 25.2 Å². The topological polar surface area (TPSA) is 128 Å². The van der Waals surface area contributed by atoms with Gasteiger partial charge in [0.05, 0.1) is 5.52 Å². The molecule has 12 nitrogen and oxygen atoms in total. The number of nitrogens with one attached hydrogen (secondary N) is 3. The van der Waals surface area contributed by atoms with Gasteiger partial charge in [-0.15, -0.1) is 0 Å². The van der Waals surface area contributed by atoms with E-state index in [1.807, 2.05) is 18.5 Å². The Morgan fingerprint density at radius 3 is 2.58 bits per heavy atom. The van der Waals surface area contributed by atoms with E-state index < -0.39 is 0 Å². The first-order valence-electron chi connectivity index (χ1n) is 21.1. The van der Waals surface area contributed by atoms with Crippen molar-refractivity contribution >= 4 is 57.6 Å². The van der Waals surface area contributed by atoms with Gasteiger partial charge in [-0.3, -0.25) is 19.9 Å². The van der Waals surface area contributed by atoms with E-state index in [-0.39, 0.29) is 11.9 Å². The minimum atomic E-state index is -0.332. The van der Waals surface area contributed by atoms with Crippen molar-refractivity contribution in [3.05, 3.63) is 95.8 Å². The van der Waals surface area contributed by atoms with E-state index in [9.17, 15) is 9.59 Å². The molecule has 3 N–H and O–H groups in total. The van der Waals surface area contributed by atoms with Crippen LogP contribution in [0.4, 0.5) is 33.5 Å². The van der Waals surface area contributed by atoms with Crippen LogP contribution >= 0.6 is 0 Å². The van der Waals surface area contributed by atoms with Gasteiger partial charge in [0.1, 0.15) is 12.3 Å². The van der Waals surface area contributed by atoms with E-state index in [0.29, 0.717) is 42.9 Å². The van der Waals surface area contributed by atoms with Gasteiger partial charge in [0.2, 0.25) is 17.7 Å². The van der Waals surface area contributed by atoms with E-state index >= 15 is 0 Å². The van der Waals surface area contributed by atoms with Gasteiger partial charge in [0.25, 0.3) is 0 Å². The number of hydrogen-bond donors (Lipinski definition) is 3. The lowest BCUT2D eigenvalue weighted by Crippen LogP contribution is -2.62. The van der Waals surface area contributed by atoms with Gasteiger partial charge in [-0.2, -0.15) is 0 Å². The van der Waals surface area contributed by atoms with Crippen molar-refractivity contribution in [3.8, 4) is 17.0 Å². The Hall–Kier alpha value is -6.01. The first-order valence-corrected chi connectivity index (χ1v) is 21.1. The minimum Gasteiger partial charge on any atom is -0.474 e. The van der Waals surface area contributed by atoms with Gasteiger partial charge in [0.15, 0.2) is 0 Å². The maximum atomic E-state index is 12.4. The molecule has 5 aromatic rings. The van der Waals surface area contributed by atoms with Crippen molar-refractivity contribution in [2.24, 2.45) is 5.41 Å². The number of aryl methyl sites for hydroxylation is 1. The van der Waals surface area contributed by atoms with Crippen molar-refractivity contribution in [2.45, 2.75) is 65.3 Å². The fraction of sp³-hybridized carbons (Fsp3) is 0.383. The van der Waals surface area contributed by atoms with E-state index in [0.717, 1.165) is 76.3 Å². The van der Waals surface area contributed by atoms with E-state index in [1.54, 1.807) is 4.90 Å². The molecule has 1 atom stereocenters. The highest BCUT2D eigenvalue weighted by atomic mass is 16.5. The molecule has 3 saturated heterocycles. The Kier molecular flexibility index (Phi) is 10.7. The van der Waals surface area contributed by atoms with Crippen LogP contribution in [0.25, 0.3) is 28.1 Å². The maximum absolute atomic E-state index is 12.4. The quantitative estimate of drug-likeness (QED) is 0.120. The van der Waals surface area contributed by atoms with Crippen molar-refractivity contribution < 1.29 is 14.3 Å². The lowest BCUT2D eigenvalue weighted by molar-refractivity contribution is -0.120. The number of imide groups is 1. The monoisotopic (exact) mass is 791 g/mol. The van der Waals surface area contributed by atoms with Gasteiger partial charge in [-0.05, 0) is 110 Å². The SMILES string of the molecule is CCC(CC/C=C/c1ccc(Nc2ncc3ccc(-c4cnc5c(c4C)NCCO5)cc3n2)cc1)N1CC2(CCN(c3ccc(N4CCC(=O)NC4=O)c(C)c3)CC2)C1. The number of fused-ring (bicyclic) bond motifs is 2. The summed E-state index contributed by atoms with van der Waals surface area (Å²) in [5.74, 6) is 1.01. The number of pyridine rings is 1. The number of allylic oxidation sites excluding steroid dienone is 1. The lowest BCUT2D eigenvalue weighted by atomic mass is 9.71. The Morgan fingerprint density at radius 2 is 1.80 bits per heavy atom. The third-order valence-corrected chi connectivity index (χ3v) is 12.8. The van der Waals surface area contributed by atoms with Crippen LogP contribution in [0, 0.1) is 19.3 Å². The highest BCUT2D eigenvalue weighted by Crippen LogP contribution is 2.44. The fourth-order valence-corrected chi connectivity index (χ4v) is 9.28. The largest absolute Gasteiger partial charge is 0.474 e. The van der Waals surface area contributed by atoms with Crippen LogP contribution in [0.5, 0.6) is 5.88 Å². The standard InChI is InChI=1S/C47H53N9O3/c1-4-37(55-29-47(30-55)18-22-54(23-19-47)38-15-16-41(31(2)25-38)56-21-17-42(57)53-46(56)58)8-6-5-7-33-9-13-36(14-10-33)51-45-50-27-35-12-11-34(26-40(35)52-45)39-28-49-44-43(32(39)3)48-20-24-59-44/h5,7,9-16,25-28,37,48H,4,6,8,17-24,29-30H2,1-3H3,(H,50,51,52)(H,53,57,58)/b7-5+. The number of likely N-dealkylation sites (tertiary alicyclic amines) is 1. The molecule has 4 aliphatic rings. The zero-order chi connectivity index (χ0) is 40.5. The molecule has 1 unspecified atom stereocenters. The van der Waals surface area contributed by atoms with E-state index in [4.69, 9.17) is 9.72 Å². The number of hydrogen-bond acceptors (Lipinski definition) is 10. The smallest absolute Gasteiger partial charge is 0.328 e. The third kappa shape index (κ3) is 8.06. The summed E-state index contributed by atoms with van der Waals surface area (Å²) in [7, 11) is 0. The molecular formula is C47H53N9O3. The summed E-state index contributed by atoms with van der Waals surface area (Å²) in [6.45, 7) is 12.8. The normalized spacial score (nSPS) is 18.3. The number of amides is 3. The summed E-state index contributed by atoms with van der Waals surface area (Å²) in [5, 5.41) is 10.2. The molecule has 304 valence electrons. The molecule has 0 aliphatic carbocycles. The summed E-state index contributed by atoms with van der Waals surface area (Å²) in [6.07, 6.45) is 14.4. The van der Waals surface area contributed by atoms with Crippen LogP contribution in [0.1, 0.15) is 62.1 Å². The number of urea groups is 1. The number of ether oxygens (including phenoxy) is 1. The summed E-state index contributed by atoms with van der Waals surface area (Å²) in [6, 6.07) is 21.3. The average Bonchev–Trinajstić information content (AvgIpc) is 3.24. The number of carbonyl (C=O) groups excluding carboxylic acids is 2. The summed E-state index contributed by atoms with van der Waals surface area (Å²) in [5.41, 5.74) is 10.7. The molecule has 12 heteroatoms. The van der Waals surface area contributed by atoms with Crippen LogP contribution in [0.15, 0.2) is 79.1 Å². The van der Waals surface area contributed by atoms with Crippen LogP contribution in [0.3, 0.4) is 0 Å². The zero-order valence-electron chi connectivity index (χ0n) is 34.3. The van der Waals surface area contributed by atoms with Crippen LogP contribution in [-0.2, 0) is 4.79 Å². The van der Waals surface area contributed by atoms with Crippen LogP contribution in [0.2, 0.25) is 0 Å². The maximum Gasteiger partial charge on any atom is 0.328 e. The molecule has 0 saturated carbocycles. The van der Waals surface area contributed by atoms with Crippen LogP contribution in [-0.4, -0.2) is 83.7 Å². The average molecular weight is 792 g/mol. The molecular weight excluding hydrogens is 739 g/mol. The third-order valence-electron chi connectivity index (χ3n) is 12.8. The fourth-order valence-electron chi connectivity index (χ4n) is 9.28. The predicted octanol–water partition coefficient (Wildman–Crippen LogP) is 8.48. The van der Waals surface area contributed by atoms with Gasteiger partial charge in [-0.25, -0.2) is 19.7 Å². The molecule has 1 spiro atoms. The van der Waals surface area contributed by atoms with Crippen molar-refractivity contribution in [2.75, 3.05) is 66.3 Å². The molecule has 2 aromatic heterocycles. The second kappa shape index (κ2) is 16.3. The molecule has 4 aliphatic heterocycles. The summed E-state index contributed by atoms with van der Waals surface area (Å²) < 4.78 is 5.72. The Labute approximate surface area is 346 Å². The second-order valence-electron chi connectivity index (χ2n) is 16.6. The number of aromatic nitrogens is 3. The first-order chi connectivity index (χ1) is 28.7. The Bertz CT molecular complexity index is 2400. The number of benzene rings is 3.